The summed E-state index contributed by atoms with van der Waals surface area (Å²) in [6, 6.07) is 1.45. The lowest BCUT2D eigenvalue weighted by Crippen LogP contribution is -2.52. The number of rotatable bonds is 5. The highest BCUT2D eigenvalue weighted by Gasteiger charge is 2.37. The Bertz CT molecular complexity index is 251. The van der Waals surface area contributed by atoms with E-state index in [1.165, 1.54) is 38.8 Å². The SMILES string of the molecule is CC(O)C1CC(NCC2CC2)CN(C2CC2)C1. The molecular weight excluding hydrogens is 212 g/mol. The average Bonchev–Trinajstić information content (AvgIpc) is 3.17. The summed E-state index contributed by atoms with van der Waals surface area (Å²) in [4.78, 5) is 2.62. The fourth-order valence-electron chi connectivity index (χ4n) is 3.06. The van der Waals surface area contributed by atoms with Gasteiger partial charge in [-0.25, -0.2) is 0 Å². The Labute approximate surface area is 105 Å². The normalized spacial score (nSPS) is 37.1. The number of nitrogens with one attached hydrogen (secondary N) is 1. The highest BCUT2D eigenvalue weighted by molar-refractivity contribution is 4.94. The quantitative estimate of drug-likeness (QED) is 0.756. The Balaban J connectivity index is 1.53. The van der Waals surface area contributed by atoms with Gasteiger partial charge in [0.25, 0.3) is 0 Å². The highest BCUT2D eigenvalue weighted by atomic mass is 16.3. The van der Waals surface area contributed by atoms with Gasteiger partial charge in [0.1, 0.15) is 0 Å². The van der Waals surface area contributed by atoms with Crippen LogP contribution in [0.15, 0.2) is 0 Å². The molecule has 1 heterocycles. The second-order valence-corrected chi connectivity index (χ2v) is 6.47. The van der Waals surface area contributed by atoms with E-state index >= 15 is 0 Å². The van der Waals surface area contributed by atoms with E-state index in [9.17, 15) is 5.11 Å². The topological polar surface area (TPSA) is 35.5 Å². The number of hydrogen-bond donors (Lipinski definition) is 2. The molecule has 0 aromatic rings. The highest BCUT2D eigenvalue weighted by Crippen LogP contribution is 2.33. The molecular formula is C14H26N2O. The van der Waals surface area contributed by atoms with Crippen LogP contribution in [-0.2, 0) is 0 Å². The first-order chi connectivity index (χ1) is 8.22. The molecule has 2 N–H and O–H groups in total. The van der Waals surface area contributed by atoms with Gasteiger partial charge >= 0.3 is 0 Å². The van der Waals surface area contributed by atoms with Crippen LogP contribution in [0.3, 0.4) is 0 Å². The first-order valence-electron chi connectivity index (χ1n) is 7.38. The van der Waals surface area contributed by atoms with Gasteiger partial charge in [-0.2, -0.15) is 0 Å². The van der Waals surface area contributed by atoms with Crippen LogP contribution in [-0.4, -0.2) is 47.8 Å². The third-order valence-corrected chi connectivity index (χ3v) is 4.65. The Morgan fingerprint density at radius 1 is 1.24 bits per heavy atom. The molecule has 0 bridgehead atoms. The van der Waals surface area contributed by atoms with Crippen LogP contribution in [0.1, 0.15) is 39.0 Å². The molecule has 98 valence electrons. The van der Waals surface area contributed by atoms with Gasteiger partial charge in [0.2, 0.25) is 0 Å². The van der Waals surface area contributed by atoms with Crippen LogP contribution in [0.5, 0.6) is 0 Å². The predicted molar refractivity (Wildman–Crippen MR) is 68.9 cm³/mol. The molecule has 2 aliphatic carbocycles. The number of hydrogen-bond acceptors (Lipinski definition) is 3. The number of nitrogens with zero attached hydrogens (tertiary/aromatic N) is 1. The summed E-state index contributed by atoms with van der Waals surface area (Å²) in [6.07, 6.45) is 6.61. The fourth-order valence-corrected chi connectivity index (χ4v) is 3.06. The van der Waals surface area contributed by atoms with Crippen molar-refractivity contribution in [2.75, 3.05) is 19.6 Å². The number of likely N-dealkylation sites (tertiary alicyclic amines) is 1. The van der Waals surface area contributed by atoms with Crippen LogP contribution < -0.4 is 5.32 Å². The van der Waals surface area contributed by atoms with E-state index in [0.717, 1.165) is 24.9 Å². The lowest BCUT2D eigenvalue weighted by atomic mass is 9.90. The van der Waals surface area contributed by atoms with Crippen LogP contribution in [0.4, 0.5) is 0 Å². The zero-order valence-electron chi connectivity index (χ0n) is 10.9. The first-order valence-corrected chi connectivity index (χ1v) is 7.38. The second kappa shape index (κ2) is 4.87. The summed E-state index contributed by atoms with van der Waals surface area (Å²) in [5, 5.41) is 13.6. The fraction of sp³-hybridized carbons (Fsp3) is 1.00. The van der Waals surface area contributed by atoms with Gasteiger partial charge in [0.05, 0.1) is 6.10 Å². The van der Waals surface area contributed by atoms with Crippen LogP contribution in [0.25, 0.3) is 0 Å². The molecule has 3 unspecified atom stereocenters. The smallest absolute Gasteiger partial charge is 0.0553 e. The zero-order valence-corrected chi connectivity index (χ0v) is 10.9. The minimum atomic E-state index is -0.151. The molecule has 2 saturated carbocycles. The third kappa shape index (κ3) is 3.21. The predicted octanol–water partition coefficient (Wildman–Crippen LogP) is 1.22. The first kappa shape index (κ1) is 11.9. The van der Waals surface area contributed by atoms with Crippen molar-refractivity contribution < 1.29 is 5.11 Å². The molecule has 1 aliphatic heterocycles. The Morgan fingerprint density at radius 2 is 2.00 bits per heavy atom. The molecule has 0 amide bonds. The van der Waals surface area contributed by atoms with Gasteiger partial charge < -0.3 is 10.4 Å². The van der Waals surface area contributed by atoms with Gasteiger partial charge in [0, 0.05) is 25.2 Å². The molecule has 3 atom stereocenters. The van der Waals surface area contributed by atoms with Crippen LogP contribution in [0, 0.1) is 11.8 Å². The minimum Gasteiger partial charge on any atom is -0.393 e. The van der Waals surface area contributed by atoms with Gasteiger partial charge in [-0.05, 0) is 57.4 Å². The number of piperidine rings is 1. The molecule has 0 radical (unpaired) electrons. The third-order valence-electron chi connectivity index (χ3n) is 4.65. The summed E-state index contributed by atoms with van der Waals surface area (Å²) in [6.45, 7) is 5.49. The van der Waals surface area contributed by atoms with Gasteiger partial charge in [-0.1, -0.05) is 0 Å². The summed E-state index contributed by atoms with van der Waals surface area (Å²) >= 11 is 0. The van der Waals surface area contributed by atoms with Crippen molar-refractivity contribution in [1.82, 2.24) is 10.2 Å². The van der Waals surface area contributed by atoms with Crippen molar-refractivity contribution >= 4 is 0 Å². The van der Waals surface area contributed by atoms with E-state index in [1.54, 1.807) is 0 Å². The Hall–Kier alpha value is -0.120. The van der Waals surface area contributed by atoms with Crippen molar-refractivity contribution in [3.05, 3.63) is 0 Å². The number of aliphatic hydroxyl groups is 1. The Kier molecular flexibility index (Phi) is 3.42. The van der Waals surface area contributed by atoms with Crippen LogP contribution in [0.2, 0.25) is 0 Å². The van der Waals surface area contributed by atoms with Crippen molar-refractivity contribution in [2.45, 2.75) is 57.2 Å². The minimum absolute atomic E-state index is 0.151. The summed E-state index contributed by atoms with van der Waals surface area (Å²) in [5.41, 5.74) is 0. The molecule has 0 aromatic heterocycles. The Morgan fingerprint density at radius 3 is 2.59 bits per heavy atom. The molecule has 3 aliphatic rings. The molecule has 3 fully saturated rings. The maximum atomic E-state index is 9.85. The van der Waals surface area contributed by atoms with E-state index in [2.05, 4.69) is 10.2 Å². The van der Waals surface area contributed by atoms with Gasteiger partial charge in [-0.15, -0.1) is 0 Å². The van der Waals surface area contributed by atoms with Crippen molar-refractivity contribution in [1.29, 1.82) is 0 Å². The zero-order chi connectivity index (χ0) is 11.8. The van der Waals surface area contributed by atoms with E-state index in [0.29, 0.717) is 12.0 Å². The molecule has 1 saturated heterocycles. The van der Waals surface area contributed by atoms with Crippen molar-refractivity contribution in [3.8, 4) is 0 Å². The second-order valence-electron chi connectivity index (χ2n) is 6.47. The maximum Gasteiger partial charge on any atom is 0.0553 e. The lowest BCUT2D eigenvalue weighted by molar-refractivity contribution is 0.0446. The standard InChI is InChI=1S/C14H26N2O/c1-10(17)12-6-13(15-7-11-2-3-11)9-16(8-12)14-4-5-14/h10-15,17H,2-9H2,1H3. The van der Waals surface area contributed by atoms with E-state index in [4.69, 9.17) is 0 Å². The summed E-state index contributed by atoms with van der Waals surface area (Å²) in [5.74, 6) is 1.43. The monoisotopic (exact) mass is 238 g/mol. The summed E-state index contributed by atoms with van der Waals surface area (Å²) in [7, 11) is 0. The van der Waals surface area contributed by atoms with Crippen LogP contribution >= 0.6 is 0 Å². The molecule has 0 aromatic carbocycles. The largest absolute Gasteiger partial charge is 0.393 e. The molecule has 0 spiro atoms. The lowest BCUT2D eigenvalue weighted by Gasteiger charge is -2.39. The van der Waals surface area contributed by atoms with Crippen molar-refractivity contribution in [3.63, 3.8) is 0 Å². The van der Waals surface area contributed by atoms with E-state index < -0.39 is 0 Å². The van der Waals surface area contributed by atoms with E-state index in [1.807, 2.05) is 6.92 Å². The molecule has 3 heteroatoms. The number of aliphatic hydroxyl groups excluding tert-OH is 1. The van der Waals surface area contributed by atoms with E-state index in [-0.39, 0.29) is 6.10 Å². The van der Waals surface area contributed by atoms with Gasteiger partial charge in [-0.3, -0.25) is 4.90 Å². The van der Waals surface area contributed by atoms with Crippen molar-refractivity contribution in [2.24, 2.45) is 11.8 Å². The summed E-state index contributed by atoms with van der Waals surface area (Å²) < 4.78 is 0. The van der Waals surface area contributed by atoms with Gasteiger partial charge in [0.15, 0.2) is 0 Å². The average molecular weight is 238 g/mol. The molecule has 3 rings (SSSR count). The molecule has 17 heavy (non-hydrogen) atoms. The molecule has 3 nitrogen and oxygen atoms in total. The maximum absolute atomic E-state index is 9.85.